The summed E-state index contributed by atoms with van der Waals surface area (Å²) in [5.74, 6) is -5.41. The first-order valence-corrected chi connectivity index (χ1v) is 6.22. The van der Waals surface area contributed by atoms with Crippen LogP contribution in [0.25, 0.3) is 11.4 Å². The van der Waals surface area contributed by atoms with E-state index in [2.05, 4.69) is 9.97 Å². The Labute approximate surface area is 117 Å². The zero-order chi connectivity index (χ0) is 15.1. The number of benzene rings is 1. The second-order valence-electron chi connectivity index (χ2n) is 4.83. The number of hydrogen-bond acceptors (Lipinski definition) is 3. The molecule has 4 nitrogen and oxygen atoms in total. The second kappa shape index (κ2) is 4.83. The highest BCUT2D eigenvalue weighted by molar-refractivity contribution is 5.89. The van der Waals surface area contributed by atoms with Crippen LogP contribution in [-0.2, 0) is 0 Å². The van der Waals surface area contributed by atoms with Gasteiger partial charge in [-0.05, 0) is 25.0 Å². The fourth-order valence-corrected chi connectivity index (χ4v) is 2.05. The van der Waals surface area contributed by atoms with E-state index in [4.69, 9.17) is 5.11 Å². The molecule has 0 aliphatic heterocycles. The molecule has 7 heteroatoms. The maximum Gasteiger partial charge on any atom is 0.339 e. The molecule has 2 aromatic rings. The van der Waals surface area contributed by atoms with Crippen LogP contribution in [-0.4, -0.2) is 21.0 Å². The van der Waals surface area contributed by atoms with E-state index in [9.17, 15) is 18.0 Å². The zero-order valence-electron chi connectivity index (χ0n) is 10.6. The monoisotopic (exact) mass is 294 g/mol. The van der Waals surface area contributed by atoms with E-state index < -0.39 is 23.4 Å². The van der Waals surface area contributed by atoms with Crippen LogP contribution in [0.4, 0.5) is 13.2 Å². The Bertz CT molecular complexity index is 722. The van der Waals surface area contributed by atoms with Gasteiger partial charge in [-0.2, -0.15) is 0 Å². The van der Waals surface area contributed by atoms with Crippen molar-refractivity contribution in [3.63, 3.8) is 0 Å². The Morgan fingerprint density at radius 1 is 1.19 bits per heavy atom. The molecule has 0 atom stereocenters. The lowest BCUT2D eigenvalue weighted by atomic mass is 10.1. The first-order valence-electron chi connectivity index (χ1n) is 6.22. The summed E-state index contributed by atoms with van der Waals surface area (Å²) in [6, 6.07) is 1.57. The summed E-state index contributed by atoms with van der Waals surface area (Å²) in [6.45, 7) is 0. The van der Waals surface area contributed by atoms with Crippen molar-refractivity contribution < 1.29 is 23.1 Å². The third-order valence-electron chi connectivity index (χ3n) is 3.25. The van der Waals surface area contributed by atoms with Gasteiger partial charge in [-0.25, -0.2) is 27.9 Å². The molecular formula is C14H9F3N2O2. The van der Waals surface area contributed by atoms with E-state index in [-0.39, 0.29) is 22.9 Å². The van der Waals surface area contributed by atoms with Gasteiger partial charge in [-0.1, -0.05) is 0 Å². The summed E-state index contributed by atoms with van der Waals surface area (Å²) in [6.07, 6.45) is 2.73. The predicted octanol–water partition coefficient (Wildman–Crippen LogP) is 3.14. The molecule has 1 heterocycles. The van der Waals surface area contributed by atoms with Crippen molar-refractivity contribution in [3.05, 3.63) is 47.0 Å². The molecule has 0 bridgehead atoms. The Morgan fingerprint density at radius 3 is 2.33 bits per heavy atom. The van der Waals surface area contributed by atoms with Crippen molar-refractivity contribution in [2.45, 2.75) is 18.8 Å². The number of halogens is 3. The van der Waals surface area contributed by atoms with Gasteiger partial charge in [0.1, 0.15) is 0 Å². The predicted molar refractivity (Wildman–Crippen MR) is 66.3 cm³/mol. The maximum absolute atomic E-state index is 13.2. The lowest BCUT2D eigenvalue weighted by molar-refractivity contribution is 0.0694. The number of aromatic carboxylic acids is 1. The topological polar surface area (TPSA) is 63.1 Å². The van der Waals surface area contributed by atoms with Crippen LogP contribution in [0, 0.1) is 17.5 Å². The molecule has 1 N–H and O–H groups in total. The smallest absolute Gasteiger partial charge is 0.339 e. The number of nitrogens with zero attached hydrogens (tertiary/aromatic N) is 2. The number of hydrogen-bond donors (Lipinski definition) is 1. The van der Waals surface area contributed by atoms with Crippen LogP contribution < -0.4 is 0 Å². The summed E-state index contributed by atoms with van der Waals surface area (Å²) in [7, 11) is 0. The minimum atomic E-state index is -1.57. The molecule has 0 saturated heterocycles. The van der Waals surface area contributed by atoms with Gasteiger partial charge in [0.2, 0.25) is 0 Å². The molecule has 0 amide bonds. The third-order valence-corrected chi connectivity index (χ3v) is 3.25. The molecule has 0 unspecified atom stereocenters. The van der Waals surface area contributed by atoms with Crippen molar-refractivity contribution in [3.8, 4) is 11.4 Å². The highest BCUT2D eigenvalue weighted by atomic mass is 19.2. The molecule has 0 radical (unpaired) electrons. The average molecular weight is 294 g/mol. The molecule has 1 saturated carbocycles. The van der Waals surface area contributed by atoms with E-state index >= 15 is 0 Å². The molecule has 1 aromatic carbocycles. The first kappa shape index (κ1) is 13.5. The van der Waals surface area contributed by atoms with E-state index in [1.54, 1.807) is 0 Å². The van der Waals surface area contributed by atoms with E-state index in [0.29, 0.717) is 5.69 Å². The first-order chi connectivity index (χ1) is 9.97. The Balaban J connectivity index is 2.11. The van der Waals surface area contributed by atoms with Gasteiger partial charge in [0.15, 0.2) is 23.3 Å². The molecule has 1 fully saturated rings. The molecule has 1 aromatic heterocycles. The second-order valence-corrected chi connectivity index (χ2v) is 4.83. The maximum atomic E-state index is 13.2. The van der Waals surface area contributed by atoms with Gasteiger partial charge < -0.3 is 5.11 Å². The quantitative estimate of drug-likeness (QED) is 0.883. The summed E-state index contributed by atoms with van der Waals surface area (Å²) in [4.78, 5) is 19.0. The zero-order valence-corrected chi connectivity index (χ0v) is 10.6. The van der Waals surface area contributed by atoms with Crippen molar-refractivity contribution in [2.24, 2.45) is 0 Å². The largest absolute Gasteiger partial charge is 0.478 e. The molecule has 1 aliphatic rings. The molecular weight excluding hydrogens is 285 g/mol. The van der Waals surface area contributed by atoms with Crippen LogP contribution in [0.2, 0.25) is 0 Å². The highest BCUT2D eigenvalue weighted by Gasteiger charge is 2.30. The van der Waals surface area contributed by atoms with Crippen LogP contribution in [0.5, 0.6) is 0 Å². The molecule has 1 aliphatic carbocycles. The van der Waals surface area contributed by atoms with Crippen LogP contribution in [0.1, 0.15) is 34.8 Å². The lowest BCUT2D eigenvalue weighted by Gasteiger charge is -2.07. The highest BCUT2D eigenvalue weighted by Crippen LogP contribution is 2.41. The number of rotatable bonds is 3. The fraction of sp³-hybridized carbons (Fsp3) is 0.214. The molecule has 3 rings (SSSR count). The minimum absolute atomic E-state index is 0.0213. The van der Waals surface area contributed by atoms with Crippen molar-refractivity contribution >= 4 is 5.97 Å². The van der Waals surface area contributed by atoms with E-state index in [1.807, 2.05) is 0 Å². The Kier molecular flexibility index (Phi) is 3.12. The summed E-state index contributed by atoms with van der Waals surface area (Å²) < 4.78 is 39.4. The summed E-state index contributed by atoms with van der Waals surface area (Å²) in [5.41, 5.74) is 0.284. The molecule has 0 spiro atoms. The number of carboxylic acids is 1. The van der Waals surface area contributed by atoms with Crippen molar-refractivity contribution in [1.29, 1.82) is 0 Å². The van der Waals surface area contributed by atoms with Gasteiger partial charge in [0.25, 0.3) is 0 Å². The molecule has 108 valence electrons. The fourth-order valence-electron chi connectivity index (χ4n) is 2.05. The lowest BCUT2D eigenvalue weighted by Crippen LogP contribution is -2.07. The number of aromatic nitrogens is 2. The van der Waals surface area contributed by atoms with Gasteiger partial charge in [-0.3, -0.25) is 0 Å². The summed E-state index contributed by atoms with van der Waals surface area (Å²) >= 11 is 0. The van der Waals surface area contributed by atoms with Crippen LogP contribution in [0.15, 0.2) is 18.3 Å². The Morgan fingerprint density at radius 2 is 1.81 bits per heavy atom. The van der Waals surface area contributed by atoms with Crippen molar-refractivity contribution in [1.82, 2.24) is 9.97 Å². The number of carbonyl (C=O) groups is 1. The Hall–Kier alpha value is -2.44. The van der Waals surface area contributed by atoms with Gasteiger partial charge >= 0.3 is 5.97 Å². The van der Waals surface area contributed by atoms with Gasteiger partial charge in [-0.15, -0.1) is 0 Å². The van der Waals surface area contributed by atoms with Crippen molar-refractivity contribution in [2.75, 3.05) is 0 Å². The SMILES string of the molecule is O=C(O)c1cnc(-c2cc(F)c(F)c(F)c2)nc1C1CC1. The van der Waals surface area contributed by atoms with Gasteiger partial charge in [0, 0.05) is 17.7 Å². The molecule has 21 heavy (non-hydrogen) atoms. The third kappa shape index (κ3) is 2.46. The average Bonchev–Trinajstić information content (AvgIpc) is 3.28. The normalized spacial score (nSPS) is 14.2. The number of carboxylic acid groups (broad SMARTS) is 1. The standard InChI is InChI=1S/C14H9F3N2O2/c15-9-3-7(4-10(16)11(9)17)13-18-5-8(14(20)21)12(19-13)6-1-2-6/h3-6H,1-2H2,(H,20,21). The van der Waals surface area contributed by atoms with Crippen LogP contribution in [0.3, 0.4) is 0 Å². The summed E-state index contributed by atoms with van der Waals surface area (Å²) in [5, 5.41) is 9.08. The van der Waals surface area contributed by atoms with E-state index in [1.165, 1.54) is 0 Å². The van der Waals surface area contributed by atoms with Crippen LogP contribution >= 0.6 is 0 Å². The van der Waals surface area contributed by atoms with Gasteiger partial charge in [0.05, 0.1) is 11.3 Å². The van der Waals surface area contributed by atoms with E-state index in [0.717, 1.165) is 31.2 Å². The minimum Gasteiger partial charge on any atom is -0.478 e.